The normalized spacial score (nSPS) is 19.9. The molecule has 0 aromatic heterocycles. The van der Waals surface area contributed by atoms with Crippen LogP contribution in [0.4, 0.5) is 4.79 Å². The molecule has 4 nitrogen and oxygen atoms in total. The minimum atomic E-state index is -0.556. The molecule has 4 heteroatoms. The lowest BCUT2D eigenvalue weighted by atomic mass is 10.0. The van der Waals surface area contributed by atoms with E-state index in [1.54, 1.807) is 6.92 Å². The second-order valence-electron chi connectivity index (χ2n) is 4.65. The Morgan fingerprint density at radius 1 is 1.53 bits per heavy atom. The van der Waals surface area contributed by atoms with Gasteiger partial charge in [-0.3, -0.25) is 4.79 Å². The molecule has 0 saturated carbocycles. The van der Waals surface area contributed by atoms with Crippen molar-refractivity contribution in [3.63, 3.8) is 0 Å². The first kappa shape index (κ1) is 13.3. The fourth-order valence-electron chi connectivity index (χ4n) is 2.09. The summed E-state index contributed by atoms with van der Waals surface area (Å²) in [4.78, 5) is 25.0. The van der Waals surface area contributed by atoms with Gasteiger partial charge in [0.2, 0.25) is 5.91 Å². The molecule has 19 heavy (non-hydrogen) atoms. The van der Waals surface area contributed by atoms with Crippen LogP contribution in [0.1, 0.15) is 12.5 Å². The molecule has 0 radical (unpaired) electrons. The van der Waals surface area contributed by atoms with Gasteiger partial charge in [0.15, 0.2) is 0 Å². The lowest BCUT2D eigenvalue weighted by Gasteiger charge is -2.21. The monoisotopic (exact) mass is 259 g/mol. The Hall–Kier alpha value is -2.10. The van der Waals surface area contributed by atoms with Crippen molar-refractivity contribution in [2.24, 2.45) is 5.92 Å². The second kappa shape index (κ2) is 5.69. The van der Waals surface area contributed by atoms with Crippen LogP contribution >= 0.6 is 0 Å². The van der Waals surface area contributed by atoms with Crippen molar-refractivity contribution in [2.45, 2.75) is 19.4 Å². The van der Waals surface area contributed by atoms with Crippen LogP contribution in [0.3, 0.4) is 0 Å². The molecular formula is C15H17NO3. The van der Waals surface area contributed by atoms with Crippen molar-refractivity contribution in [3.05, 3.63) is 48.6 Å². The first-order valence-electron chi connectivity index (χ1n) is 6.29. The van der Waals surface area contributed by atoms with Gasteiger partial charge < -0.3 is 4.74 Å². The van der Waals surface area contributed by atoms with Crippen LogP contribution in [-0.2, 0) is 16.0 Å². The molecule has 2 rings (SSSR count). The SMILES string of the molecule is C=C[C@H](C)C(=O)N1C(=O)OC[C@H]1Cc1ccccc1. The smallest absolute Gasteiger partial charge is 0.417 e. The summed E-state index contributed by atoms with van der Waals surface area (Å²) in [5, 5.41) is 0. The van der Waals surface area contributed by atoms with Gasteiger partial charge in [-0.25, -0.2) is 9.69 Å². The number of carbonyl (C=O) groups excluding carboxylic acids is 2. The number of ether oxygens (including phenoxy) is 1. The number of benzene rings is 1. The van der Waals surface area contributed by atoms with Gasteiger partial charge in [0.1, 0.15) is 6.61 Å². The average molecular weight is 259 g/mol. The molecule has 1 aliphatic heterocycles. The van der Waals surface area contributed by atoms with E-state index in [0.29, 0.717) is 6.42 Å². The largest absolute Gasteiger partial charge is 0.447 e. The number of carbonyl (C=O) groups is 2. The first-order valence-corrected chi connectivity index (χ1v) is 6.29. The molecule has 0 bridgehead atoms. The fraction of sp³-hybridized carbons (Fsp3) is 0.333. The summed E-state index contributed by atoms with van der Waals surface area (Å²) < 4.78 is 5.00. The third kappa shape index (κ3) is 2.84. The third-order valence-electron chi connectivity index (χ3n) is 3.26. The van der Waals surface area contributed by atoms with E-state index in [2.05, 4.69) is 6.58 Å². The molecule has 1 heterocycles. The molecule has 0 N–H and O–H groups in total. The molecule has 2 amide bonds. The van der Waals surface area contributed by atoms with E-state index in [1.807, 2.05) is 30.3 Å². The number of hydrogen-bond donors (Lipinski definition) is 0. The van der Waals surface area contributed by atoms with Crippen molar-refractivity contribution in [1.82, 2.24) is 4.90 Å². The predicted molar refractivity (Wildman–Crippen MR) is 71.5 cm³/mol. The Morgan fingerprint density at radius 3 is 2.84 bits per heavy atom. The van der Waals surface area contributed by atoms with Gasteiger partial charge >= 0.3 is 6.09 Å². The molecule has 1 aromatic rings. The Kier molecular flexibility index (Phi) is 4.00. The Labute approximate surface area is 112 Å². The zero-order chi connectivity index (χ0) is 13.8. The average Bonchev–Trinajstić information content (AvgIpc) is 2.79. The molecule has 2 atom stereocenters. The highest BCUT2D eigenvalue weighted by molar-refractivity contribution is 5.95. The zero-order valence-electron chi connectivity index (χ0n) is 10.9. The second-order valence-corrected chi connectivity index (χ2v) is 4.65. The molecule has 0 spiro atoms. The van der Waals surface area contributed by atoms with E-state index in [9.17, 15) is 9.59 Å². The number of hydrogen-bond acceptors (Lipinski definition) is 3. The molecular weight excluding hydrogens is 242 g/mol. The number of amides is 2. The van der Waals surface area contributed by atoms with E-state index >= 15 is 0 Å². The van der Waals surface area contributed by atoms with Gasteiger partial charge in [-0.05, 0) is 12.0 Å². The van der Waals surface area contributed by atoms with Crippen LogP contribution in [0.25, 0.3) is 0 Å². The highest BCUT2D eigenvalue weighted by Crippen LogP contribution is 2.20. The van der Waals surface area contributed by atoms with Gasteiger partial charge in [-0.1, -0.05) is 43.3 Å². The molecule has 0 aliphatic carbocycles. The van der Waals surface area contributed by atoms with Gasteiger partial charge in [-0.2, -0.15) is 0 Å². The summed E-state index contributed by atoms with van der Waals surface area (Å²) in [6.07, 6.45) is 1.59. The summed E-state index contributed by atoms with van der Waals surface area (Å²) in [6, 6.07) is 9.52. The highest BCUT2D eigenvalue weighted by Gasteiger charge is 2.38. The van der Waals surface area contributed by atoms with Crippen molar-refractivity contribution >= 4 is 12.0 Å². The molecule has 1 aromatic carbocycles. The van der Waals surface area contributed by atoms with Gasteiger partial charge in [0.05, 0.1) is 12.0 Å². The molecule has 1 fully saturated rings. The molecule has 0 unspecified atom stereocenters. The van der Waals surface area contributed by atoms with Gasteiger partial charge in [-0.15, -0.1) is 6.58 Å². The maximum Gasteiger partial charge on any atom is 0.417 e. The van der Waals surface area contributed by atoms with E-state index in [1.165, 1.54) is 11.0 Å². The maximum absolute atomic E-state index is 12.1. The van der Waals surface area contributed by atoms with Gasteiger partial charge in [0.25, 0.3) is 0 Å². The Morgan fingerprint density at radius 2 is 2.21 bits per heavy atom. The quantitative estimate of drug-likeness (QED) is 0.780. The van der Waals surface area contributed by atoms with Crippen LogP contribution in [0.15, 0.2) is 43.0 Å². The summed E-state index contributed by atoms with van der Waals surface area (Å²) >= 11 is 0. The van der Waals surface area contributed by atoms with E-state index in [4.69, 9.17) is 4.74 Å². The number of rotatable bonds is 4. The topological polar surface area (TPSA) is 46.6 Å². The minimum absolute atomic E-state index is 0.232. The van der Waals surface area contributed by atoms with Crippen molar-refractivity contribution in [3.8, 4) is 0 Å². The van der Waals surface area contributed by atoms with Gasteiger partial charge in [0, 0.05) is 0 Å². The summed E-state index contributed by atoms with van der Waals surface area (Å²) in [6.45, 7) is 5.56. The van der Waals surface area contributed by atoms with Crippen molar-refractivity contribution in [1.29, 1.82) is 0 Å². The van der Waals surface area contributed by atoms with Crippen LogP contribution in [0.5, 0.6) is 0 Å². The number of imide groups is 1. The summed E-state index contributed by atoms with van der Waals surface area (Å²) in [5.41, 5.74) is 1.08. The Balaban J connectivity index is 2.13. The summed E-state index contributed by atoms with van der Waals surface area (Å²) in [7, 11) is 0. The highest BCUT2D eigenvalue weighted by atomic mass is 16.6. The maximum atomic E-state index is 12.1. The van der Waals surface area contributed by atoms with Crippen LogP contribution in [0.2, 0.25) is 0 Å². The minimum Gasteiger partial charge on any atom is -0.447 e. The molecule has 1 saturated heterocycles. The lowest BCUT2D eigenvalue weighted by molar-refractivity contribution is -0.131. The van der Waals surface area contributed by atoms with Crippen LogP contribution in [0, 0.1) is 5.92 Å². The molecule has 100 valence electrons. The van der Waals surface area contributed by atoms with Crippen molar-refractivity contribution < 1.29 is 14.3 Å². The third-order valence-corrected chi connectivity index (χ3v) is 3.26. The van der Waals surface area contributed by atoms with E-state index < -0.39 is 6.09 Å². The van der Waals surface area contributed by atoms with E-state index in [0.717, 1.165) is 5.56 Å². The zero-order valence-corrected chi connectivity index (χ0v) is 10.9. The van der Waals surface area contributed by atoms with Crippen LogP contribution < -0.4 is 0 Å². The predicted octanol–water partition coefficient (Wildman–Crippen LogP) is 2.40. The summed E-state index contributed by atoms with van der Waals surface area (Å²) in [5.74, 6) is -0.637. The number of nitrogens with zero attached hydrogens (tertiary/aromatic N) is 1. The molecule has 1 aliphatic rings. The van der Waals surface area contributed by atoms with Crippen LogP contribution in [-0.4, -0.2) is 29.5 Å². The first-order chi connectivity index (χ1) is 9.13. The Bertz CT molecular complexity index is 483. The standard InChI is InChI=1S/C15H17NO3/c1-3-11(2)14(17)16-13(10-19-15(16)18)9-12-7-5-4-6-8-12/h3-8,11,13H,1,9-10H2,2H3/t11-,13+/m0/s1. The van der Waals surface area contributed by atoms with E-state index in [-0.39, 0.29) is 24.5 Å². The number of cyclic esters (lactones) is 1. The van der Waals surface area contributed by atoms with Crippen molar-refractivity contribution in [2.75, 3.05) is 6.61 Å². The lowest BCUT2D eigenvalue weighted by Crippen LogP contribution is -2.42. The fourth-order valence-corrected chi connectivity index (χ4v) is 2.09.